The normalized spacial score (nSPS) is 12.2. The fraction of sp³-hybridized carbons (Fsp3) is 0.455. The van der Waals surface area contributed by atoms with E-state index in [4.69, 9.17) is 9.26 Å². The van der Waals surface area contributed by atoms with Crippen LogP contribution in [0.1, 0.15) is 19.4 Å². The molecule has 0 spiro atoms. The second-order valence-electron chi connectivity index (χ2n) is 3.55. The third-order valence-electron chi connectivity index (χ3n) is 2.29. The zero-order chi connectivity index (χ0) is 13.7. The molecular formula is C11H16NO5P. The van der Waals surface area contributed by atoms with Crippen molar-refractivity contribution in [1.82, 2.24) is 0 Å². The second kappa shape index (κ2) is 6.52. The van der Waals surface area contributed by atoms with Gasteiger partial charge in [-0.3, -0.25) is 14.7 Å². The predicted octanol–water partition coefficient (Wildman–Crippen LogP) is 2.44. The predicted molar refractivity (Wildman–Crippen MR) is 69.3 cm³/mol. The molecule has 6 nitrogen and oxygen atoms in total. The lowest BCUT2D eigenvalue weighted by atomic mass is 10.2. The first-order chi connectivity index (χ1) is 8.51. The lowest BCUT2D eigenvalue weighted by Crippen LogP contribution is -2.09. The number of nitro benzene ring substituents is 1. The Morgan fingerprint density at radius 2 is 2.00 bits per heavy atom. The molecule has 1 rings (SSSR count). The summed E-state index contributed by atoms with van der Waals surface area (Å²) in [6.07, 6.45) is 0. The minimum Gasteiger partial charge on any atom is -0.494 e. The Hall–Kier alpha value is -1.39. The Bertz CT molecular complexity index is 475. The van der Waals surface area contributed by atoms with Gasteiger partial charge in [-0.1, -0.05) is 0 Å². The highest BCUT2D eigenvalue weighted by atomic mass is 31.1. The summed E-state index contributed by atoms with van der Waals surface area (Å²) in [4.78, 5) is 10.4. The summed E-state index contributed by atoms with van der Waals surface area (Å²) in [5, 5.41) is 11.0. The van der Waals surface area contributed by atoms with Gasteiger partial charge in [-0.2, -0.15) is 0 Å². The number of ether oxygens (including phenoxy) is 1. The molecule has 0 saturated carbocycles. The van der Waals surface area contributed by atoms with Crippen molar-refractivity contribution in [3.8, 4) is 5.75 Å². The number of rotatable bonds is 6. The van der Waals surface area contributed by atoms with Crippen LogP contribution in [0.3, 0.4) is 0 Å². The van der Waals surface area contributed by atoms with Gasteiger partial charge in [0, 0.05) is 12.1 Å². The Balaban J connectivity index is 3.30. The van der Waals surface area contributed by atoms with Crippen molar-refractivity contribution in [1.29, 1.82) is 0 Å². The summed E-state index contributed by atoms with van der Waals surface area (Å²) < 4.78 is 22.2. The minimum absolute atomic E-state index is 0.0981. The molecule has 1 atom stereocenters. The van der Waals surface area contributed by atoms with E-state index in [1.54, 1.807) is 13.8 Å². The number of benzene rings is 1. The van der Waals surface area contributed by atoms with Gasteiger partial charge < -0.3 is 9.26 Å². The zero-order valence-electron chi connectivity index (χ0n) is 10.6. The van der Waals surface area contributed by atoms with E-state index in [0.29, 0.717) is 17.9 Å². The molecule has 0 aliphatic rings. The van der Waals surface area contributed by atoms with Crippen LogP contribution >= 0.6 is 8.03 Å². The molecule has 0 aliphatic carbocycles. The molecule has 18 heavy (non-hydrogen) atoms. The van der Waals surface area contributed by atoms with Crippen molar-refractivity contribution in [2.45, 2.75) is 20.8 Å². The van der Waals surface area contributed by atoms with Gasteiger partial charge in [-0.05, 0) is 26.3 Å². The molecule has 0 aromatic heterocycles. The molecule has 0 fully saturated rings. The fourth-order valence-corrected chi connectivity index (χ4v) is 2.55. The molecule has 1 aromatic carbocycles. The van der Waals surface area contributed by atoms with Gasteiger partial charge in [0.2, 0.25) is 8.03 Å². The van der Waals surface area contributed by atoms with Crippen LogP contribution in [0.15, 0.2) is 12.1 Å². The Morgan fingerprint density at radius 3 is 2.50 bits per heavy atom. The smallest absolute Gasteiger partial charge is 0.282 e. The summed E-state index contributed by atoms with van der Waals surface area (Å²) in [5.41, 5.74) is 0.451. The third-order valence-corrected chi connectivity index (χ3v) is 3.68. The van der Waals surface area contributed by atoms with Gasteiger partial charge in [0.1, 0.15) is 11.1 Å². The Kier molecular flexibility index (Phi) is 5.31. The highest BCUT2D eigenvalue weighted by Crippen LogP contribution is 2.32. The van der Waals surface area contributed by atoms with E-state index in [2.05, 4.69) is 0 Å². The maximum absolute atomic E-state index is 11.8. The monoisotopic (exact) mass is 273 g/mol. The van der Waals surface area contributed by atoms with Crippen LogP contribution in [0.4, 0.5) is 5.69 Å². The number of aryl methyl sites for hydroxylation is 1. The van der Waals surface area contributed by atoms with Crippen LogP contribution < -0.4 is 10.0 Å². The quantitative estimate of drug-likeness (QED) is 0.452. The second-order valence-corrected chi connectivity index (χ2v) is 4.95. The number of nitrogens with zero attached hydrogens (tertiary/aromatic N) is 1. The van der Waals surface area contributed by atoms with Gasteiger partial charge in [-0.25, -0.2) is 0 Å². The van der Waals surface area contributed by atoms with Crippen molar-refractivity contribution < 1.29 is 18.7 Å². The van der Waals surface area contributed by atoms with Crippen LogP contribution in [-0.2, 0) is 9.09 Å². The van der Waals surface area contributed by atoms with Gasteiger partial charge in [-0.15, -0.1) is 0 Å². The summed E-state index contributed by atoms with van der Waals surface area (Å²) in [6, 6.07) is 2.80. The summed E-state index contributed by atoms with van der Waals surface area (Å²) in [7, 11) is -2.62. The lowest BCUT2D eigenvalue weighted by molar-refractivity contribution is -0.383. The summed E-state index contributed by atoms with van der Waals surface area (Å²) in [5.74, 6) is 0.496. The first-order valence-electron chi connectivity index (χ1n) is 5.60. The van der Waals surface area contributed by atoms with Crippen LogP contribution in [0, 0.1) is 17.0 Å². The number of hydrogen-bond acceptors (Lipinski definition) is 5. The number of hydrogen-bond donors (Lipinski definition) is 0. The third kappa shape index (κ3) is 3.31. The largest absolute Gasteiger partial charge is 0.494 e. The molecule has 0 radical (unpaired) electrons. The van der Waals surface area contributed by atoms with Crippen LogP contribution in [0.2, 0.25) is 0 Å². The van der Waals surface area contributed by atoms with E-state index in [-0.39, 0.29) is 17.6 Å². The fourth-order valence-electron chi connectivity index (χ4n) is 1.51. The van der Waals surface area contributed by atoms with Crippen LogP contribution in [-0.4, -0.2) is 18.1 Å². The van der Waals surface area contributed by atoms with Crippen LogP contribution in [0.5, 0.6) is 5.75 Å². The summed E-state index contributed by atoms with van der Waals surface area (Å²) in [6.45, 7) is 5.89. The van der Waals surface area contributed by atoms with Crippen molar-refractivity contribution in [2.24, 2.45) is 0 Å². The molecule has 0 bridgehead atoms. The zero-order valence-corrected chi connectivity index (χ0v) is 11.6. The minimum atomic E-state index is -2.62. The number of nitro groups is 1. The van der Waals surface area contributed by atoms with Crippen LogP contribution in [0.25, 0.3) is 0 Å². The summed E-state index contributed by atoms with van der Waals surface area (Å²) >= 11 is 0. The first-order valence-corrected chi connectivity index (χ1v) is 6.91. The molecule has 0 N–H and O–H groups in total. The van der Waals surface area contributed by atoms with Gasteiger partial charge in [0.25, 0.3) is 5.69 Å². The molecule has 7 heteroatoms. The van der Waals surface area contributed by atoms with Crippen molar-refractivity contribution >= 4 is 19.0 Å². The van der Waals surface area contributed by atoms with E-state index in [1.807, 2.05) is 6.92 Å². The molecule has 0 amide bonds. The lowest BCUT2D eigenvalue weighted by Gasteiger charge is -2.10. The Morgan fingerprint density at radius 1 is 1.33 bits per heavy atom. The Labute approximate surface area is 106 Å². The molecule has 1 aromatic rings. The molecule has 0 heterocycles. The maximum atomic E-state index is 11.8. The van der Waals surface area contributed by atoms with E-state index < -0.39 is 13.0 Å². The average molecular weight is 273 g/mol. The molecule has 100 valence electrons. The average Bonchev–Trinajstić information content (AvgIpc) is 2.31. The molecular weight excluding hydrogens is 257 g/mol. The SMILES string of the molecule is CCOc1cc([PH](=O)OCC)c([N+](=O)[O-])cc1C. The van der Waals surface area contributed by atoms with Gasteiger partial charge >= 0.3 is 0 Å². The first kappa shape index (κ1) is 14.7. The van der Waals surface area contributed by atoms with E-state index in [1.165, 1.54) is 12.1 Å². The topological polar surface area (TPSA) is 78.7 Å². The molecule has 1 unspecified atom stereocenters. The molecule has 0 saturated heterocycles. The van der Waals surface area contributed by atoms with Gasteiger partial charge in [0.15, 0.2) is 0 Å². The van der Waals surface area contributed by atoms with E-state index in [0.717, 1.165) is 0 Å². The van der Waals surface area contributed by atoms with E-state index >= 15 is 0 Å². The highest BCUT2D eigenvalue weighted by Gasteiger charge is 2.21. The molecule has 0 aliphatic heterocycles. The van der Waals surface area contributed by atoms with Crippen molar-refractivity contribution in [2.75, 3.05) is 13.2 Å². The standard InChI is InChI=1S/C11H16NO5P/c1-4-16-10-7-11(18(15)17-5-2)9(12(13)14)6-8(10)3/h6-7,18H,4-5H2,1-3H3. The van der Waals surface area contributed by atoms with E-state index in [9.17, 15) is 14.7 Å². The van der Waals surface area contributed by atoms with Gasteiger partial charge in [0.05, 0.1) is 18.1 Å². The van der Waals surface area contributed by atoms with Crippen molar-refractivity contribution in [3.05, 3.63) is 27.8 Å². The highest BCUT2D eigenvalue weighted by molar-refractivity contribution is 7.48. The maximum Gasteiger partial charge on any atom is 0.282 e. The van der Waals surface area contributed by atoms with Crippen molar-refractivity contribution in [3.63, 3.8) is 0 Å².